The van der Waals surface area contributed by atoms with Crippen LogP contribution in [0.1, 0.15) is 17.3 Å². The quantitative estimate of drug-likeness (QED) is 0.677. The number of hydrogen-bond donors (Lipinski definition) is 0. The van der Waals surface area contributed by atoms with Gasteiger partial charge in [-0.1, -0.05) is 12.1 Å². The SMILES string of the molecule is Fc1cccnc1[C@H](c1ccc(OC(F)(F)F)cc1)n1ccnc1. The van der Waals surface area contributed by atoms with Gasteiger partial charge >= 0.3 is 6.36 Å². The number of hydrogen-bond acceptors (Lipinski definition) is 3. The molecule has 4 nitrogen and oxygen atoms in total. The average molecular weight is 337 g/mol. The number of aromatic nitrogens is 3. The van der Waals surface area contributed by atoms with Gasteiger partial charge in [0.2, 0.25) is 0 Å². The molecule has 0 bridgehead atoms. The zero-order chi connectivity index (χ0) is 17.2. The van der Waals surface area contributed by atoms with Crippen LogP contribution in [0.3, 0.4) is 0 Å². The standard InChI is InChI=1S/C16H11F4N3O/c17-13-2-1-7-22-14(13)15(23-9-8-21-10-23)11-3-5-12(6-4-11)24-16(18,19)20/h1-10,15H/t15-/m0/s1. The third kappa shape index (κ3) is 3.53. The monoisotopic (exact) mass is 337 g/mol. The molecule has 8 heteroatoms. The summed E-state index contributed by atoms with van der Waals surface area (Å²) in [7, 11) is 0. The Balaban J connectivity index is 2.00. The van der Waals surface area contributed by atoms with Gasteiger partial charge in [0.25, 0.3) is 0 Å². The van der Waals surface area contributed by atoms with E-state index in [9.17, 15) is 17.6 Å². The molecule has 2 aromatic heterocycles. The lowest BCUT2D eigenvalue weighted by Gasteiger charge is -2.19. The van der Waals surface area contributed by atoms with Crippen LogP contribution in [0.2, 0.25) is 0 Å². The number of pyridine rings is 1. The van der Waals surface area contributed by atoms with Crippen LogP contribution in [0, 0.1) is 5.82 Å². The Bertz CT molecular complexity index is 801. The van der Waals surface area contributed by atoms with Gasteiger partial charge in [0.1, 0.15) is 23.3 Å². The van der Waals surface area contributed by atoms with E-state index in [1.807, 2.05) is 0 Å². The fourth-order valence-corrected chi connectivity index (χ4v) is 2.34. The molecule has 2 heterocycles. The van der Waals surface area contributed by atoms with E-state index in [1.165, 1.54) is 55.1 Å². The lowest BCUT2D eigenvalue weighted by atomic mass is 10.0. The third-order valence-corrected chi connectivity index (χ3v) is 3.30. The highest BCUT2D eigenvalue weighted by Crippen LogP contribution is 2.29. The van der Waals surface area contributed by atoms with E-state index >= 15 is 0 Å². The van der Waals surface area contributed by atoms with Crippen molar-refractivity contribution in [1.29, 1.82) is 0 Å². The molecule has 0 saturated heterocycles. The molecule has 0 N–H and O–H groups in total. The normalized spacial score (nSPS) is 12.8. The smallest absolute Gasteiger partial charge is 0.406 e. The van der Waals surface area contributed by atoms with Gasteiger partial charge < -0.3 is 9.30 Å². The van der Waals surface area contributed by atoms with Crippen molar-refractivity contribution in [2.24, 2.45) is 0 Å². The molecule has 0 saturated carbocycles. The van der Waals surface area contributed by atoms with Crippen molar-refractivity contribution in [3.8, 4) is 5.75 Å². The highest BCUT2D eigenvalue weighted by atomic mass is 19.4. The highest BCUT2D eigenvalue weighted by Gasteiger charge is 2.31. The summed E-state index contributed by atoms with van der Waals surface area (Å²) in [4.78, 5) is 7.99. The molecule has 0 spiro atoms. The van der Waals surface area contributed by atoms with Crippen molar-refractivity contribution < 1.29 is 22.3 Å². The second-order valence-corrected chi connectivity index (χ2v) is 4.90. The lowest BCUT2D eigenvalue weighted by Crippen LogP contribution is -2.17. The fourth-order valence-electron chi connectivity index (χ4n) is 2.34. The van der Waals surface area contributed by atoms with Gasteiger partial charge in [-0.2, -0.15) is 0 Å². The molecule has 0 aliphatic carbocycles. The van der Waals surface area contributed by atoms with Gasteiger partial charge in [0.05, 0.1) is 6.33 Å². The van der Waals surface area contributed by atoms with Crippen molar-refractivity contribution in [2.75, 3.05) is 0 Å². The molecular weight excluding hydrogens is 326 g/mol. The molecule has 0 aliphatic rings. The molecule has 1 atom stereocenters. The van der Waals surface area contributed by atoms with Crippen LogP contribution < -0.4 is 4.74 Å². The number of halogens is 4. The van der Waals surface area contributed by atoms with Gasteiger partial charge in [0, 0.05) is 18.6 Å². The van der Waals surface area contributed by atoms with Crippen molar-refractivity contribution in [2.45, 2.75) is 12.4 Å². The van der Waals surface area contributed by atoms with Gasteiger partial charge in [-0.25, -0.2) is 9.37 Å². The molecule has 124 valence electrons. The topological polar surface area (TPSA) is 39.9 Å². The maximum absolute atomic E-state index is 14.1. The van der Waals surface area contributed by atoms with Gasteiger partial charge in [-0.15, -0.1) is 13.2 Å². The summed E-state index contributed by atoms with van der Waals surface area (Å²) in [5.41, 5.74) is 0.681. The number of ether oxygens (including phenoxy) is 1. The first-order valence-electron chi connectivity index (χ1n) is 6.87. The zero-order valence-corrected chi connectivity index (χ0v) is 12.1. The number of rotatable bonds is 4. The second-order valence-electron chi connectivity index (χ2n) is 4.90. The molecule has 0 amide bonds. The Morgan fingerprint density at radius 3 is 2.38 bits per heavy atom. The van der Waals surface area contributed by atoms with Crippen LogP contribution in [0.25, 0.3) is 0 Å². The Hall–Kier alpha value is -2.90. The largest absolute Gasteiger partial charge is 0.573 e. The molecule has 0 unspecified atom stereocenters. The van der Waals surface area contributed by atoms with Gasteiger partial charge in [-0.3, -0.25) is 4.98 Å². The minimum absolute atomic E-state index is 0.139. The Kier molecular flexibility index (Phi) is 4.20. The minimum atomic E-state index is -4.77. The van der Waals surface area contributed by atoms with E-state index in [0.29, 0.717) is 5.56 Å². The van der Waals surface area contributed by atoms with Crippen molar-refractivity contribution >= 4 is 0 Å². The van der Waals surface area contributed by atoms with Crippen molar-refractivity contribution in [3.05, 3.63) is 78.4 Å². The molecule has 0 radical (unpaired) electrons. The number of benzene rings is 1. The minimum Gasteiger partial charge on any atom is -0.406 e. The van der Waals surface area contributed by atoms with Crippen LogP contribution >= 0.6 is 0 Å². The number of imidazole rings is 1. The second kappa shape index (κ2) is 6.31. The maximum atomic E-state index is 14.1. The Labute approximate surface area is 134 Å². The summed E-state index contributed by atoms with van der Waals surface area (Å²) < 4.78 is 56.4. The van der Waals surface area contributed by atoms with Gasteiger partial charge in [-0.05, 0) is 29.8 Å². The van der Waals surface area contributed by atoms with Crippen LogP contribution in [0.4, 0.5) is 17.6 Å². The Morgan fingerprint density at radius 1 is 1.04 bits per heavy atom. The summed E-state index contributed by atoms with van der Waals surface area (Å²) in [6.07, 6.45) is 1.31. The molecule has 0 fully saturated rings. The summed E-state index contributed by atoms with van der Waals surface area (Å²) in [5, 5.41) is 0. The Morgan fingerprint density at radius 2 is 1.79 bits per heavy atom. The summed E-state index contributed by atoms with van der Waals surface area (Å²) >= 11 is 0. The predicted octanol–water partition coefficient (Wildman–Crippen LogP) is 3.95. The molecule has 24 heavy (non-hydrogen) atoms. The lowest BCUT2D eigenvalue weighted by molar-refractivity contribution is -0.274. The highest BCUT2D eigenvalue weighted by molar-refractivity contribution is 5.34. The van der Waals surface area contributed by atoms with Crippen molar-refractivity contribution in [3.63, 3.8) is 0 Å². The van der Waals surface area contributed by atoms with Crippen molar-refractivity contribution in [1.82, 2.24) is 14.5 Å². The van der Waals surface area contributed by atoms with Crippen LogP contribution in [-0.2, 0) is 0 Å². The maximum Gasteiger partial charge on any atom is 0.573 e. The zero-order valence-electron chi connectivity index (χ0n) is 12.1. The average Bonchev–Trinajstić information content (AvgIpc) is 3.04. The van der Waals surface area contributed by atoms with Crippen LogP contribution in [-0.4, -0.2) is 20.9 Å². The van der Waals surface area contributed by atoms with E-state index in [1.54, 1.807) is 10.8 Å². The first-order chi connectivity index (χ1) is 11.4. The summed E-state index contributed by atoms with van der Waals surface area (Å²) in [6.45, 7) is 0. The third-order valence-electron chi connectivity index (χ3n) is 3.30. The van der Waals surface area contributed by atoms with E-state index in [-0.39, 0.29) is 11.4 Å². The van der Waals surface area contributed by atoms with E-state index in [2.05, 4.69) is 14.7 Å². The molecule has 1 aromatic carbocycles. The predicted molar refractivity (Wildman–Crippen MR) is 76.8 cm³/mol. The molecule has 3 rings (SSSR count). The molecule has 3 aromatic rings. The van der Waals surface area contributed by atoms with Crippen LogP contribution in [0.15, 0.2) is 61.3 Å². The molecule has 0 aliphatic heterocycles. The number of alkyl halides is 3. The number of nitrogens with zero attached hydrogens (tertiary/aromatic N) is 3. The van der Waals surface area contributed by atoms with E-state index in [0.717, 1.165) is 0 Å². The summed E-state index contributed by atoms with van der Waals surface area (Å²) in [5.74, 6) is -0.871. The van der Waals surface area contributed by atoms with Crippen LogP contribution in [0.5, 0.6) is 5.75 Å². The summed E-state index contributed by atoms with van der Waals surface area (Å²) in [6, 6.07) is 7.28. The first kappa shape index (κ1) is 16.0. The van der Waals surface area contributed by atoms with Gasteiger partial charge in [0.15, 0.2) is 0 Å². The van der Waals surface area contributed by atoms with E-state index < -0.39 is 18.2 Å². The fraction of sp³-hybridized carbons (Fsp3) is 0.125. The molecular formula is C16H11F4N3O. The first-order valence-corrected chi connectivity index (χ1v) is 6.87. The van der Waals surface area contributed by atoms with E-state index in [4.69, 9.17) is 0 Å².